The zero-order chi connectivity index (χ0) is 14.5. The van der Waals surface area contributed by atoms with E-state index in [0.29, 0.717) is 5.92 Å². The molecule has 0 spiro atoms. The third-order valence-corrected chi connectivity index (χ3v) is 4.31. The summed E-state index contributed by atoms with van der Waals surface area (Å²) in [6, 6.07) is 9.04. The van der Waals surface area contributed by atoms with Crippen LogP contribution in [0.4, 0.5) is 0 Å². The Kier molecular flexibility index (Phi) is 5.29. The Bertz CT molecular complexity index is 531. The Hall–Kier alpha value is -1.23. The SMILES string of the molecule is Cc1nc(CC(Cc2ccc(C(C)C)cc2)NN)cs1. The molecule has 108 valence electrons. The van der Waals surface area contributed by atoms with Gasteiger partial charge in [-0.1, -0.05) is 38.1 Å². The van der Waals surface area contributed by atoms with Crippen LogP contribution in [-0.2, 0) is 12.8 Å². The van der Waals surface area contributed by atoms with E-state index in [9.17, 15) is 0 Å². The minimum atomic E-state index is 0.224. The van der Waals surface area contributed by atoms with Crippen molar-refractivity contribution in [2.75, 3.05) is 0 Å². The Balaban J connectivity index is 1.98. The molecule has 0 aliphatic rings. The highest BCUT2D eigenvalue weighted by Crippen LogP contribution is 2.16. The molecule has 1 unspecified atom stereocenters. The lowest BCUT2D eigenvalue weighted by Gasteiger charge is -2.15. The van der Waals surface area contributed by atoms with Gasteiger partial charge in [0.1, 0.15) is 0 Å². The molecule has 3 nitrogen and oxygen atoms in total. The predicted molar refractivity (Wildman–Crippen MR) is 85.9 cm³/mol. The van der Waals surface area contributed by atoms with Crippen molar-refractivity contribution in [3.05, 3.63) is 51.5 Å². The fourth-order valence-corrected chi connectivity index (χ4v) is 2.89. The largest absolute Gasteiger partial charge is 0.271 e. The normalized spacial score (nSPS) is 12.8. The second kappa shape index (κ2) is 6.97. The Morgan fingerprint density at radius 2 is 1.90 bits per heavy atom. The van der Waals surface area contributed by atoms with E-state index < -0.39 is 0 Å². The highest BCUT2D eigenvalue weighted by molar-refractivity contribution is 7.09. The van der Waals surface area contributed by atoms with Gasteiger partial charge in [-0.2, -0.15) is 0 Å². The third kappa shape index (κ3) is 4.13. The van der Waals surface area contributed by atoms with Crippen molar-refractivity contribution in [3.8, 4) is 0 Å². The fraction of sp³-hybridized carbons (Fsp3) is 0.438. The molecule has 2 rings (SSSR count). The first-order valence-corrected chi connectivity index (χ1v) is 7.92. The van der Waals surface area contributed by atoms with Crippen LogP contribution >= 0.6 is 11.3 Å². The number of nitrogens with zero attached hydrogens (tertiary/aromatic N) is 1. The second-order valence-corrected chi connectivity index (χ2v) is 6.59. The summed E-state index contributed by atoms with van der Waals surface area (Å²) in [6.45, 7) is 6.46. The van der Waals surface area contributed by atoms with Crippen LogP contribution in [0, 0.1) is 6.92 Å². The second-order valence-electron chi connectivity index (χ2n) is 5.53. The van der Waals surface area contributed by atoms with Gasteiger partial charge in [-0.05, 0) is 30.4 Å². The van der Waals surface area contributed by atoms with E-state index in [1.165, 1.54) is 11.1 Å². The first kappa shape index (κ1) is 15.2. The molecule has 4 heteroatoms. The van der Waals surface area contributed by atoms with Gasteiger partial charge in [-0.3, -0.25) is 11.3 Å². The maximum Gasteiger partial charge on any atom is 0.0897 e. The molecular formula is C16H23N3S. The van der Waals surface area contributed by atoms with Gasteiger partial charge in [0, 0.05) is 17.8 Å². The van der Waals surface area contributed by atoms with E-state index in [1.54, 1.807) is 11.3 Å². The molecule has 0 amide bonds. The number of nitrogens with two attached hydrogens (primary N) is 1. The van der Waals surface area contributed by atoms with E-state index in [4.69, 9.17) is 5.84 Å². The zero-order valence-electron chi connectivity index (χ0n) is 12.4. The molecule has 0 radical (unpaired) electrons. The Morgan fingerprint density at radius 3 is 2.40 bits per heavy atom. The van der Waals surface area contributed by atoms with Crippen LogP contribution in [0.1, 0.15) is 41.6 Å². The topological polar surface area (TPSA) is 50.9 Å². The van der Waals surface area contributed by atoms with Crippen molar-refractivity contribution < 1.29 is 0 Å². The average molecular weight is 289 g/mol. The number of rotatable bonds is 6. The van der Waals surface area contributed by atoms with Crippen molar-refractivity contribution >= 4 is 11.3 Å². The van der Waals surface area contributed by atoms with E-state index in [2.05, 4.69) is 53.9 Å². The quantitative estimate of drug-likeness (QED) is 0.634. The van der Waals surface area contributed by atoms with Crippen LogP contribution in [0.2, 0.25) is 0 Å². The molecule has 0 aliphatic heterocycles. The molecule has 1 heterocycles. The van der Waals surface area contributed by atoms with Crippen molar-refractivity contribution in [2.24, 2.45) is 5.84 Å². The maximum atomic E-state index is 5.68. The number of aromatic nitrogens is 1. The van der Waals surface area contributed by atoms with Crippen molar-refractivity contribution in [2.45, 2.75) is 45.6 Å². The molecule has 1 aromatic carbocycles. The summed E-state index contributed by atoms with van der Waals surface area (Å²) in [7, 11) is 0. The van der Waals surface area contributed by atoms with Crippen LogP contribution < -0.4 is 11.3 Å². The molecule has 2 aromatic rings. The monoisotopic (exact) mass is 289 g/mol. The van der Waals surface area contributed by atoms with Crippen molar-refractivity contribution in [3.63, 3.8) is 0 Å². The van der Waals surface area contributed by atoms with Gasteiger partial charge in [0.2, 0.25) is 0 Å². The lowest BCUT2D eigenvalue weighted by atomic mass is 9.98. The molecule has 0 aliphatic carbocycles. The molecule has 1 aromatic heterocycles. The molecule has 20 heavy (non-hydrogen) atoms. The smallest absolute Gasteiger partial charge is 0.0897 e. The van der Waals surface area contributed by atoms with Crippen LogP contribution in [0.3, 0.4) is 0 Å². The average Bonchev–Trinajstić information content (AvgIpc) is 2.84. The highest BCUT2D eigenvalue weighted by Gasteiger charge is 2.11. The molecule has 0 saturated heterocycles. The summed E-state index contributed by atoms with van der Waals surface area (Å²) < 4.78 is 0. The number of hydrogen-bond acceptors (Lipinski definition) is 4. The van der Waals surface area contributed by atoms with Gasteiger partial charge >= 0.3 is 0 Å². The van der Waals surface area contributed by atoms with Crippen LogP contribution in [0.25, 0.3) is 0 Å². The van der Waals surface area contributed by atoms with Gasteiger partial charge in [-0.25, -0.2) is 4.98 Å². The minimum absolute atomic E-state index is 0.224. The number of benzene rings is 1. The van der Waals surface area contributed by atoms with Gasteiger partial charge < -0.3 is 0 Å². The number of aryl methyl sites for hydroxylation is 1. The predicted octanol–water partition coefficient (Wildman–Crippen LogP) is 3.19. The van der Waals surface area contributed by atoms with Gasteiger partial charge in [0.15, 0.2) is 0 Å². The van der Waals surface area contributed by atoms with Crippen molar-refractivity contribution in [1.82, 2.24) is 10.4 Å². The number of thiazole rings is 1. The van der Waals surface area contributed by atoms with Crippen LogP contribution in [0.5, 0.6) is 0 Å². The first-order valence-electron chi connectivity index (χ1n) is 7.04. The van der Waals surface area contributed by atoms with E-state index >= 15 is 0 Å². The first-order chi connectivity index (χ1) is 9.58. The van der Waals surface area contributed by atoms with Crippen LogP contribution in [0.15, 0.2) is 29.6 Å². The third-order valence-electron chi connectivity index (χ3n) is 3.49. The fourth-order valence-electron chi connectivity index (χ4n) is 2.27. The number of hydrazine groups is 1. The lowest BCUT2D eigenvalue weighted by Crippen LogP contribution is -2.38. The summed E-state index contributed by atoms with van der Waals surface area (Å²) in [5, 5.41) is 3.22. The molecule has 0 bridgehead atoms. The summed E-state index contributed by atoms with van der Waals surface area (Å²) >= 11 is 1.69. The minimum Gasteiger partial charge on any atom is -0.271 e. The number of hydrogen-bond donors (Lipinski definition) is 2. The molecule has 3 N–H and O–H groups in total. The summed E-state index contributed by atoms with van der Waals surface area (Å²) in [5.41, 5.74) is 6.72. The standard InChI is InChI=1S/C16H23N3S/c1-11(2)14-6-4-13(5-7-14)8-15(19-17)9-16-10-20-12(3)18-16/h4-7,10-11,15,19H,8-9,17H2,1-3H3. The van der Waals surface area contributed by atoms with Crippen LogP contribution in [-0.4, -0.2) is 11.0 Å². The number of nitrogens with one attached hydrogen (secondary N) is 1. The van der Waals surface area contributed by atoms with Crippen molar-refractivity contribution in [1.29, 1.82) is 0 Å². The van der Waals surface area contributed by atoms with E-state index in [0.717, 1.165) is 23.5 Å². The Labute approximate surface area is 125 Å². The van der Waals surface area contributed by atoms with E-state index in [1.807, 2.05) is 6.92 Å². The van der Waals surface area contributed by atoms with Gasteiger partial charge in [-0.15, -0.1) is 11.3 Å². The summed E-state index contributed by atoms with van der Waals surface area (Å²) in [6.07, 6.45) is 1.79. The molecule has 0 saturated carbocycles. The highest BCUT2D eigenvalue weighted by atomic mass is 32.1. The molecule has 0 fully saturated rings. The lowest BCUT2D eigenvalue weighted by molar-refractivity contribution is 0.518. The van der Waals surface area contributed by atoms with Gasteiger partial charge in [0.05, 0.1) is 10.7 Å². The zero-order valence-corrected chi connectivity index (χ0v) is 13.2. The molecule has 1 atom stereocenters. The molecular weight excluding hydrogens is 266 g/mol. The maximum absolute atomic E-state index is 5.68. The van der Waals surface area contributed by atoms with E-state index in [-0.39, 0.29) is 6.04 Å². The summed E-state index contributed by atoms with van der Waals surface area (Å²) in [4.78, 5) is 4.50. The Morgan fingerprint density at radius 1 is 1.20 bits per heavy atom. The van der Waals surface area contributed by atoms with Gasteiger partial charge in [0.25, 0.3) is 0 Å². The summed E-state index contributed by atoms with van der Waals surface area (Å²) in [5.74, 6) is 6.25.